The van der Waals surface area contributed by atoms with Gasteiger partial charge >= 0.3 is 0 Å². The molecule has 0 N–H and O–H groups in total. The topological polar surface area (TPSA) is 34.1 Å². The summed E-state index contributed by atoms with van der Waals surface area (Å²) in [6, 6.07) is 13.2. The summed E-state index contributed by atoms with van der Waals surface area (Å²) in [5, 5.41) is 0. The van der Waals surface area contributed by atoms with Gasteiger partial charge in [-0.15, -0.1) is 0 Å². The lowest BCUT2D eigenvalue weighted by Crippen LogP contribution is -2.41. The second-order valence-corrected chi connectivity index (χ2v) is 7.36. The highest BCUT2D eigenvalue weighted by molar-refractivity contribution is 6.15. The fourth-order valence-electron chi connectivity index (χ4n) is 4.15. The minimum Gasteiger partial charge on any atom is -0.493 e. The average molecular weight is 350 g/mol. The van der Waals surface area contributed by atoms with E-state index in [0.717, 1.165) is 36.7 Å². The van der Waals surface area contributed by atoms with Gasteiger partial charge in [0.05, 0.1) is 26.0 Å². The minimum absolute atomic E-state index is 0.327. The molecule has 0 saturated carbocycles. The molecule has 0 radical (unpaired) electrons. The number of likely N-dealkylation sites (N-methyl/N-ethyl adjacent to an activating group) is 1. The smallest absolute Gasteiger partial charge is 0.161 e. The third-order valence-electron chi connectivity index (χ3n) is 5.61. The number of hydrogen-bond donors (Lipinski definition) is 0. The summed E-state index contributed by atoms with van der Waals surface area (Å²) in [4.78, 5) is 7.60. The molecule has 0 spiro atoms. The van der Waals surface area contributed by atoms with Gasteiger partial charge in [0.15, 0.2) is 11.5 Å². The summed E-state index contributed by atoms with van der Waals surface area (Å²) in [7, 11) is 5.58. The van der Waals surface area contributed by atoms with E-state index in [2.05, 4.69) is 55.3 Å². The van der Waals surface area contributed by atoms with Crippen molar-refractivity contribution in [2.75, 3.05) is 34.4 Å². The predicted molar refractivity (Wildman–Crippen MR) is 105 cm³/mol. The molecule has 0 amide bonds. The first-order chi connectivity index (χ1) is 12.6. The number of likely N-dealkylation sites (tertiary alicyclic amines) is 1. The Kier molecular flexibility index (Phi) is 4.45. The average Bonchev–Trinajstić information content (AvgIpc) is 2.67. The maximum absolute atomic E-state index is 5.59. The van der Waals surface area contributed by atoms with Crippen molar-refractivity contribution >= 4 is 5.71 Å². The van der Waals surface area contributed by atoms with Crippen molar-refractivity contribution in [3.8, 4) is 11.5 Å². The van der Waals surface area contributed by atoms with E-state index in [0.29, 0.717) is 12.0 Å². The Hall–Kier alpha value is -2.33. The highest BCUT2D eigenvalue weighted by Gasteiger charge is 2.36. The van der Waals surface area contributed by atoms with Gasteiger partial charge in [-0.25, -0.2) is 0 Å². The summed E-state index contributed by atoms with van der Waals surface area (Å²) in [5.74, 6) is 1.95. The van der Waals surface area contributed by atoms with E-state index in [4.69, 9.17) is 14.5 Å². The minimum atomic E-state index is 0.327. The van der Waals surface area contributed by atoms with Gasteiger partial charge in [-0.05, 0) is 44.6 Å². The molecule has 2 unspecified atom stereocenters. The van der Waals surface area contributed by atoms with E-state index in [1.807, 2.05) is 0 Å². The summed E-state index contributed by atoms with van der Waals surface area (Å²) in [6.07, 6.45) is 1.09. The maximum atomic E-state index is 5.59. The predicted octanol–water partition coefficient (Wildman–Crippen LogP) is 3.65. The first-order valence-electron chi connectivity index (χ1n) is 9.20. The molecule has 4 nitrogen and oxygen atoms in total. The summed E-state index contributed by atoms with van der Waals surface area (Å²) in [6.45, 7) is 4.23. The Morgan fingerprint density at radius 2 is 1.73 bits per heavy atom. The highest BCUT2D eigenvalue weighted by Crippen LogP contribution is 2.42. The molecule has 2 aromatic carbocycles. The van der Waals surface area contributed by atoms with Crippen molar-refractivity contribution in [1.82, 2.24) is 4.90 Å². The van der Waals surface area contributed by atoms with Crippen LogP contribution >= 0.6 is 0 Å². The van der Waals surface area contributed by atoms with Crippen LogP contribution in [-0.2, 0) is 0 Å². The Bertz CT molecular complexity index is 842. The fourth-order valence-corrected chi connectivity index (χ4v) is 4.15. The molecule has 2 aliphatic rings. The fraction of sp³-hybridized carbons (Fsp3) is 0.409. The van der Waals surface area contributed by atoms with E-state index in [1.54, 1.807) is 14.2 Å². The zero-order chi connectivity index (χ0) is 18.3. The van der Waals surface area contributed by atoms with Crippen LogP contribution < -0.4 is 9.47 Å². The van der Waals surface area contributed by atoms with Crippen LogP contribution in [0.4, 0.5) is 0 Å². The summed E-state index contributed by atoms with van der Waals surface area (Å²) in [5.41, 5.74) is 6.00. The normalized spacial score (nSPS) is 22.2. The van der Waals surface area contributed by atoms with Gasteiger partial charge in [-0.1, -0.05) is 29.8 Å². The number of rotatable bonds is 3. The Balaban J connectivity index is 1.89. The molecule has 0 aliphatic carbocycles. The quantitative estimate of drug-likeness (QED) is 0.847. The van der Waals surface area contributed by atoms with Crippen LogP contribution in [0.3, 0.4) is 0 Å². The van der Waals surface area contributed by atoms with Crippen LogP contribution in [0.25, 0.3) is 0 Å². The Labute approximate surface area is 155 Å². The lowest BCUT2D eigenvalue weighted by molar-refractivity contribution is 0.227. The second kappa shape index (κ2) is 6.76. The van der Waals surface area contributed by atoms with E-state index in [1.165, 1.54) is 22.3 Å². The van der Waals surface area contributed by atoms with Crippen LogP contribution in [0.2, 0.25) is 0 Å². The third-order valence-corrected chi connectivity index (χ3v) is 5.61. The van der Waals surface area contributed by atoms with Crippen LogP contribution in [-0.4, -0.2) is 51.0 Å². The number of methoxy groups -OCH3 is 2. The SMILES string of the molecule is COc1cc2c(cc1OC)C1CN(C)CCC1N=C2c1ccc(C)cc1. The van der Waals surface area contributed by atoms with Crippen molar-refractivity contribution in [2.45, 2.75) is 25.3 Å². The van der Waals surface area contributed by atoms with Crippen molar-refractivity contribution in [3.63, 3.8) is 0 Å². The number of benzene rings is 2. The van der Waals surface area contributed by atoms with Gasteiger partial charge in [0.25, 0.3) is 0 Å². The zero-order valence-electron chi connectivity index (χ0n) is 16.0. The summed E-state index contributed by atoms with van der Waals surface area (Å²) >= 11 is 0. The number of aliphatic imine (C=N–C) groups is 1. The number of hydrogen-bond acceptors (Lipinski definition) is 4. The van der Waals surface area contributed by atoms with Crippen LogP contribution in [0.1, 0.15) is 34.6 Å². The molecular formula is C22H26N2O2. The van der Waals surface area contributed by atoms with Gasteiger partial charge in [0.2, 0.25) is 0 Å². The van der Waals surface area contributed by atoms with Crippen molar-refractivity contribution in [2.24, 2.45) is 4.99 Å². The first kappa shape index (κ1) is 17.1. The Morgan fingerprint density at radius 3 is 2.42 bits per heavy atom. The van der Waals surface area contributed by atoms with Gasteiger partial charge in [-0.2, -0.15) is 0 Å². The lowest BCUT2D eigenvalue weighted by Gasteiger charge is -2.39. The van der Waals surface area contributed by atoms with Crippen molar-refractivity contribution in [1.29, 1.82) is 0 Å². The van der Waals surface area contributed by atoms with Gasteiger partial charge in [0, 0.05) is 23.6 Å². The van der Waals surface area contributed by atoms with Crippen LogP contribution in [0.5, 0.6) is 11.5 Å². The number of fused-ring (bicyclic) bond motifs is 3. The van der Waals surface area contributed by atoms with E-state index >= 15 is 0 Å². The van der Waals surface area contributed by atoms with Gasteiger partial charge < -0.3 is 14.4 Å². The van der Waals surface area contributed by atoms with E-state index in [-0.39, 0.29) is 0 Å². The molecular weight excluding hydrogens is 324 g/mol. The molecule has 2 heterocycles. The lowest BCUT2D eigenvalue weighted by atomic mass is 9.79. The van der Waals surface area contributed by atoms with Gasteiger partial charge in [-0.3, -0.25) is 4.99 Å². The highest BCUT2D eigenvalue weighted by atomic mass is 16.5. The number of aryl methyl sites for hydroxylation is 1. The molecule has 2 aliphatic heterocycles. The largest absolute Gasteiger partial charge is 0.493 e. The van der Waals surface area contributed by atoms with E-state index < -0.39 is 0 Å². The second-order valence-electron chi connectivity index (χ2n) is 7.36. The number of nitrogens with zero attached hydrogens (tertiary/aromatic N) is 2. The first-order valence-corrected chi connectivity index (χ1v) is 9.20. The molecule has 4 rings (SSSR count). The summed E-state index contributed by atoms with van der Waals surface area (Å²) < 4.78 is 11.2. The third kappa shape index (κ3) is 2.88. The Morgan fingerprint density at radius 1 is 1.04 bits per heavy atom. The number of ether oxygens (including phenoxy) is 2. The molecule has 2 aromatic rings. The van der Waals surface area contributed by atoms with Crippen LogP contribution in [0.15, 0.2) is 41.4 Å². The standard InChI is InChI=1S/C22H26N2O2/c1-14-5-7-15(8-6-14)22-17-12-21(26-4)20(25-3)11-16(17)18-13-24(2)10-9-19(18)23-22/h5-8,11-12,18-19H,9-10,13H2,1-4H3. The molecule has 0 bridgehead atoms. The monoisotopic (exact) mass is 350 g/mol. The van der Waals surface area contributed by atoms with Gasteiger partial charge in [0.1, 0.15) is 0 Å². The number of piperidine rings is 1. The van der Waals surface area contributed by atoms with Crippen molar-refractivity contribution < 1.29 is 9.47 Å². The zero-order valence-corrected chi connectivity index (χ0v) is 16.0. The molecule has 1 fully saturated rings. The van der Waals surface area contributed by atoms with Crippen LogP contribution in [0, 0.1) is 6.92 Å². The van der Waals surface area contributed by atoms with Crippen molar-refractivity contribution in [3.05, 3.63) is 58.7 Å². The molecule has 26 heavy (non-hydrogen) atoms. The maximum Gasteiger partial charge on any atom is 0.161 e. The molecule has 136 valence electrons. The molecule has 0 aromatic heterocycles. The molecule has 2 atom stereocenters. The van der Waals surface area contributed by atoms with E-state index in [9.17, 15) is 0 Å². The molecule has 1 saturated heterocycles. The molecule has 4 heteroatoms.